The first-order valence-electron chi connectivity index (χ1n) is 3.79. The van der Waals surface area contributed by atoms with Crippen LogP contribution in [0.5, 0.6) is 5.75 Å². The lowest BCUT2D eigenvalue weighted by molar-refractivity contribution is 0.122. The fourth-order valence-corrected chi connectivity index (χ4v) is 1.67. The van der Waals surface area contributed by atoms with Gasteiger partial charge in [-0.15, -0.1) is 0 Å². The van der Waals surface area contributed by atoms with Crippen LogP contribution in [0.15, 0.2) is 23.1 Å². The Morgan fingerprint density at radius 1 is 1.50 bits per heavy atom. The highest BCUT2D eigenvalue weighted by molar-refractivity contribution is 7.90. The highest BCUT2D eigenvalue weighted by atomic mass is 32.2. The molecule has 0 unspecified atom stereocenters. The fourth-order valence-electron chi connectivity index (χ4n) is 0.998. The van der Waals surface area contributed by atoms with E-state index in [1.54, 1.807) is 0 Å². The van der Waals surface area contributed by atoms with E-state index in [0.717, 1.165) is 6.26 Å². The number of phenols is 1. The largest absolute Gasteiger partial charge is 0.508 e. The first-order valence-corrected chi connectivity index (χ1v) is 5.68. The molecule has 1 rings (SSSR count). The third kappa shape index (κ3) is 2.44. The van der Waals surface area contributed by atoms with E-state index in [2.05, 4.69) is 4.84 Å². The van der Waals surface area contributed by atoms with Crippen molar-refractivity contribution in [3.63, 3.8) is 0 Å². The number of sulfone groups is 1. The molecule has 0 radical (unpaired) electrons. The predicted octanol–water partition coefficient (Wildman–Crippen LogP) is 0.186. The number of nitrogens with two attached hydrogens (primary N) is 1. The van der Waals surface area contributed by atoms with Crippen LogP contribution in [-0.2, 0) is 21.3 Å². The van der Waals surface area contributed by atoms with Crippen molar-refractivity contribution in [1.29, 1.82) is 0 Å². The minimum Gasteiger partial charge on any atom is -0.508 e. The average Bonchev–Trinajstić information content (AvgIpc) is 2.07. The Bertz CT molecular complexity index is 427. The van der Waals surface area contributed by atoms with Gasteiger partial charge in [0, 0.05) is 11.8 Å². The molecule has 78 valence electrons. The van der Waals surface area contributed by atoms with Gasteiger partial charge in [0.25, 0.3) is 0 Å². The lowest BCUT2D eigenvalue weighted by Gasteiger charge is -2.05. The highest BCUT2D eigenvalue weighted by Crippen LogP contribution is 2.21. The van der Waals surface area contributed by atoms with Crippen LogP contribution in [0.2, 0.25) is 0 Å². The van der Waals surface area contributed by atoms with Crippen molar-refractivity contribution in [1.82, 2.24) is 0 Å². The molecule has 0 saturated carbocycles. The van der Waals surface area contributed by atoms with E-state index in [9.17, 15) is 13.5 Å². The molecule has 3 N–H and O–H groups in total. The summed E-state index contributed by atoms with van der Waals surface area (Å²) in [5.74, 6) is 4.79. The maximum atomic E-state index is 11.1. The van der Waals surface area contributed by atoms with Crippen LogP contribution in [0, 0.1) is 0 Å². The molecule has 1 aromatic rings. The molecule has 0 bridgehead atoms. The summed E-state index contributed by atoms with van der Waals surface area (Å²) in [6.45, 7) is -0.0325. The van der Waals surface area contributed by atoms with Crippen LogP contribution in [-0.4, -0.2) is 19.8 Å². The molecule has 6 heteroatoms. The Labute approximate surface area is 82.0 Å². The molecule has 0 amide bonds. The molecule has 0 aromatic heterocycles. The van der Waals surface area contributed by atoms with Crippen molar-refractivity contribution in [2.75, 3.05) is 6.26 Å². The van der Waals surface area contributed by atoms with Gasteiger partial charge in [0.05, 0.1) is 11.5 Å². The van der Waals surface area contributed by atoms with Crippen LogP contribution in [0.3, 0.4) is 0 Å². The SMILES string of the molecule is CS(=O)(=O)c1ccc(O)c(CON)c1. The third-order valence-corrected chi connectivity index (χ3v) is 2.83. The van der Waals surface area contributed by atoms with Crippen LogP contribution < -0.4 is 5.90 Å². The molecule has 5 nitrogen and oxygen atoms in total. The zero-order valence-electron chi connectivity index (χ0n) is 7.60. The van der Waals surface area contributed by atoms with Gasteiger partial charge >= 0.3 is 0 Å². The molecule has 0 aliphatic heterocycles. The van der Waals surface area contributed by atoms with E-state index < -0.39 is 9.84 Å². The molecule has 0 spiro atoms. The highest BCUT2D eigenvalue weighted by Gasteiger charge is 2.10. The van der Waals surface area contributed by atoms with E-state index >= 15 is 0 Å². The molecular formula is C8H11NO4S. The maximum Gasteiger partial charge on any atom is 0.175 e. The van der Waals surface area contributed by atoms with Gasteiger partial charge in [-0.25, -0.2) is 14.3 Å². The van der Waals surface area contributed by atoms with Crippen molar-refractivity contribution in [3.8, 4) is 5.75 Å². The van der Waals surface area contributed by atoms with Gasteiger partial charge in [-0.2, -0.15) is 0 Å². The maximum absolute atomic E-state index is 11.1. The summed E-state index contributed by atoms with van der Waals surface area (Å²) < 4.78 is 22.3. The van der Waals surface area contributed by atoms with Gasteiger partial charge in [0.1, 0.15) is 5.75 Å². The van der Waals surface area contributed by atoms with Gasteiger partial charge < -0.3 is 5.11 Å². The predicted molar refractivity (Wildman–Crippen MR) is 50.2 cm³/mol. The lowest BCUT2D eigenvalue weighted by Crippen LogP contribution is -2.02. The van der Waals surface area contributed by atoms with Gasteiger partial charge in [0.15, 0.2) is 9.84 Å². The Morgan fingerprint density at radius 3 is 2.64 bits per heavy atom. The molecule has 0 atom stereocenters. The van der Waals surface area contributed by atoms with Crippen molar-refractivity contribution in [3.05, 3.63) is 23.8 Å². The number of rotatable bonds is 3. The van der Waals surface area contributed by atoms with E-state index in [-0.39, 0.29) is 17.3 Å². The third-order valence-electron chi connectivity index (χ3n) is 1.72. The second-order valence-electron chi connectivity index (χ2n) is 2.87. The number of hydrogen-bond acceptors (Lipinski definition) is 5. The topological polar surface area (TPSA) is 89.6 Å². The lowest BCUT2D eigenvalue weighted by atomic mass is 10.2. The summed E-state index contributed by atoms with van der Waals surface area (Å²) in [6, 6.07) is 3.95. The van der Waals surface area contributed by atoms with Crippen LogP contribution in [0.1, 0.15) is 5.56 Å². The second kappa shape index (κ2) is 3.95. The second-order valence-corrected chi connectivity index (χ2v) is 4.89. The van der Waals surface area contributed by atoms with Crippen molar-refractivity contribution >= 4 is 9.84 Å². The summed E-state index contributed by atoms with van der Waals surface area (Å²) in [5, 5.41) is 9.30. The Hall–Kier alpha value is -1.11. The Morgan fingerprint density at radius 2 is 2.14 bits per heavy atom. The summed E-state index contributed by atoms with van der Waals surface area (Å²) in [5.41, 5.74) is 0.343. The minimum absolute atomic E-state index is 0.0325. The Balaban J connectivity index is 3.20. The van der Waals surface area contributed by atoms with Gasteiger partial charge in [-0.3, -0.25) is 4.84 Å². The van der Waals surface area contributed by atoms with Gasteiger partial charge in [-0.05, 0) is 18.2 Å². The molecule has 14 heavy (non-hydrogen) atoms. The van der Waals surface area contributed by atoms with Crippen molar-refractivity contribution in [2.45, 2.75) is 11.5 Å². The standard InChI is InChI=1S/C8H11NO4S/c1-14(11,12)7-2-3-8(10)6(4-7)5-13-9/h2-4,10H,5,9H2,1H3. The first-order chi connectivity index (χ1) is 6.45. The molecular weight excluding hydrogens is 206 g/mol. The monoisotopic (exact) mass is 217 g/mol. The fraction of sp³-hybridized carbons (Fsp3) is 0.250. The minimum atomic E-state index is -3.27. The first kappa shape index (κ1) is 11.0. The molecule has 0 saturated heterocycles. The number of hydrogen-bond donors (Lipinski definition) is 2. The molecule has 0 aliphatic rings. The van der Waals surface area contributed by atoms with E-state index in [0.29, 0.717) is 5.56 Å². The van der Waals surface area contributed by atoms with Crippen molar-refractivity contribution < 1.29 is 18.4 Å². The van der Waals surface area contributed by atoms with Crippen LogP contribution >= 0.6 is 0 Å². The van der Waals surface area contributed by atoms with Gasteiger partial charge in [0.2, 0.25) is 0 Å². The Kier molecular flexibility index (Phi) is 3.10. The molecule has 0 fully saturated rings. The number of phenolic OH excluding ortho intramolecular Hbond substituents is 1. The normalized spacial score (nSPS) is 11.6. The summed E-state index contributed by atoms with van der Waals surface area (Å²) >= 11 is 0. The van der Waals surface area contributed by atoms with Crippen LogP contribution in [0.25, 0.3) is 0 Å². The molecule has 0 aliphatic carbocycles. The van der Waals surface area contributed by atoms with Crippen LogP contribution in [0.4, 0.5) is 0 Å². The summed E-state index contributed by atoms with van der Waals surface area (Å²) in [7, 11) is -3.27. The molecule has 0 heterocycles. The van der Waals surface area contributed by atoms with Crippen molar-refractivity contribution in [2.24, 2.45) is 5.90 Å². The molecule has 1 aromatic carbocycles. The zero-order chi connectivity index (χ0) is 10.8. The van der Waals surface area contributed by atoms with E-state index in [1.165, 1.54) is 18.2 Å². The average molecular weight is 217 g/mol. The smallest absolute Gasteiger partial charge is 0.175 e. The quantitative estimate of drug-likeness (QED) is 0.705. The number of aromatic hydroxyl groups is 1. The zero-order valence-corrected chi connectivity index (χ0v) is 8.41. The summed E-state index contributed by atoms with van der Waals surface area (Å²) in [6.07, 6.45) is 1.09. The van der Waals surface area contributed by atoms with E-state index in [4.69, 9.17) is 5.90 Å². The summed E-state index contributed by atoms with van der Waals surface area (Å²) in [4.78, 5) is 4.45. The van der Waals surface area contributed by atoms with E-state index in [1.807, 2.05) is 0 Å². The van der Waals surface area contributed by atoms with Gasteiger partial charge in [-0.1, -0.05) is 0 Å². The number of benzene rings is 1.